The van der Waals surface area contributed by atoms with E-state index in [9.17, 15) is 26.7 Å². The van der Waals surface area contributed by atoms with Gasteiger partial charge in [-0.05, 0) is 30.7 Å². The fourth-order valence-electron chi connectivity index (χ4n) is 2.20. The van der Waals surface area contributed by atoms with Gasteiger partial charge in [0.05, 0.1) is 19.3 Å². The van der Waals surface area contributed by atoms with Crippen LogP contribution in [0.15, 0.2) is 24.3 Å². The molecule has 2 aromatic carbocycles. The zero-order chi connectivity index (χ0) is 20.8. The standard InChI is InChI=1S/C19H15F5O4/c1-3-27-12-6-4-10(8-13(12)26-2)5-7-14(25)28-9-11-15(20)17(22)19(24)18(23)16(11)21/h4-8H,3,9H2,1-2H3/b7-5+. The van der Waals surface area contributed by atoms with Crippen LogP contribution in [0.5, 0.6) is 11.5 Å². The molecule has 0 aliphatic heterocycles. The second-order valence-corrected chi connectivity index (χ2v) is 5.33. The van der Waals surface area contributed by atoms with Crippen molar-refractivity contribution in [1.29, 1.82) is 0 Å². The highest BCUT2D eigenvalue weighted by molar-refractivity contribution is 5.87. The SMILES string of the molecule is CCOc1ccc(/C=C/C(=O)OCc2c(F)c(F)c(F)c(F)c2F)cc1OC. The lowest BCUT2D eigenvalue weighted by molar-refractivity contribution is -0.139. The van der Waals surface area contributed by atoms with Crippen LogP contribution in [0.2, 0.25) is 0 Å². The Balaban J connectivity index is 2.09. The van der Waals surface area contributed by atoms with Crippen molar-refractivity contribution in [1.82, 2.24) is 0 Å². The van der Waals surface area contributed by atoms with E-state index in [1.54, 1.807) is 25.1 Å². The lowest BCUT2D eigenvalue weighted by Gasteiger charge is -2.09. The number of halogens is 5. The van der Waals surface area contributed by atoms with Gasteiger partial charge in [0.25, 0.3) is 0 Å². The molecular weight excluding hydrogens is 387 g/mol. The Morgan fingerprint density at radius 3 is 2.14 bits per heavy atom. The van der Waals surface area contributed by atoms with E-state index >= 15 is 0 Å². The van der Waals surface area contributed by atoms with Crippen molar-refractivity contribution in [2.75, 3.05) is 13.7 Å². The van der Waals surface area contributed by atoms with E-state index < -0.39 is 47.2 Å². The van der Waals surface area contributed by atoms with Gasteiger partial charge in [-0.25, -0.2) is 26.7 Å². The molecule has 0 fully saturated rings. The molecule has 0 N–H and O–H groups in total. The van der Waals surface area contributed by atoms with Crippen molar-refractivity contribution in [2.45, 2.75) is 13.5 Å². The zero-order valence-corrected chi connectivity index (χ0v) is 14.8. The van der Waals surface area contributed by atoms with Crippen LogP contribution in [0, 0.1) is 29.1 Å². The summed E-state index contributed by atoms with van der Waals surface area (Å²) in [6.07, 6.45) is 2.25. The van der Waals surface area contributed by atoms with Gasteiger partial charge in [-0.15, -0.1) is 0 Å². The van der Waals surface area contributed by atoms with Gasteiger partial charge in [0.15, 0.2) is 34.8 Å². The molecular formula is C19H15F5O4. The molecule has 0 saturated carbocycles. The molecule has 4 nitrogen and oxygen atoms in total. The first kappa shape index (κ1) is 21.2. The second kappa shape index (κ2) is 9.20. The molecule has 0 atom stereocenters. The lowest BCUT2D eigenvalue weighted by Crippen LogP contribution is -2.10. The van der Waals surface area contributed by atoms with Gasteiger partial charge in [0.2, 0.25) is 5.82 Å². The molecule has 0 aliphatic rings. The van der Waals surface area contributed by atoms with Gasteiger partial charge in [-0.1, -0.05) is 6.07 Å². The highest BCUT2D eigenvalue weighted by atomic mass is 19.2. The Kier molecular flexibility index (Phi) is 6.97. The van der Waals surface area contributed by atoms with E-state index in [0.29, 0.717) is 23.7 Å². The Labute approximate surface area is 157 Å². The first-order valence-electron chi connectivity index (χ1n) is 7.96. The van der Waals surface area contributed by atoms with Gasteiger partial charge >= 0.3 is 5.97 Å². The largest absolute Gasteiger partial charge is 0.493 e. The Morgan fingerprint density at radius 1 is 0.964 bits per heavy atom. The van der Waals surface area contributed by atoms with Crippen molar-refractivity contribution in [3.05, 3.63) is 64.5 Å². The van der Waals surface area contributed by atoms with Crippen LogP contribution < -0.4 is 9.47 Å². The number of rotatable bonds is 7. The maximum atomic E-state index is 13.5. The molecule has 2 rings (SSSR count). The summed E-state index contributed by atoms with van der Waals surface area (Å²) in [5.74, 6) is -10.7. The van der Waals surface area contributed by atoms with Crippen LogP contribution in [-0.2, 0) is 16.1 Å². The smallest absolute Gasteiger partial charge is 0.331 e. The van der Waals surface area contributed by atoms with Gasteiger partial charge < -0.3 is 14.2 Å². The van der Waals surface area contributed by atoms with Crippen LogP contribution in [0.1, 0.15) is 18.1 Å². The predicted molar refractivity (Wildman–Crippen MR) is 89.2 cm³/mol. The first-order chi connectivity index (χ1) is 13.3. The van der Waals surface area contributed by atoms with Crippen LogP contribution in [0.4, 0.5) is 22.0 Å². The molecule has 0 aromatic heterocycles. The molecule has 0 spiro atoms. The van der Waals surface area contributed by atoms with Crippen LogP contribution in [0.3, 0.4) is 0 Å². The van der Waals surface area contributed by atoms with Crippen LogP contribution in [0.25, 0.3) is 6.08 Å². The lowest BCUT2D eigenvalue weighted by atomic mass is 10.2. The average Bonchev–Trinajstić information content (AvgIpc) is 2.70. The summed E-state index contributed by atoms with van der Waals surface area (Å²) in [6, 6.07) is 4.79. The summed E-state index contributed by atoms with van der Waals surface area (Å²) in [5, 5.41) is 0. The van der Waals surface area contributed by atoms with Crippen molar-refractivity contribution < 1.29 is 41.0 Å². The predicted octanol–water partition coefficient (Wildman–Crippen LogP) is 4.55. The summed E-state index contributed by atoms with van der Waals surface area (Å²) in [7, 11) is 1.43. The minimum atomic E-state index is -2.28. The zero-order valence-electron chi connectivity index (χ0n) is 14.8. The molecule has 0 bridgehead atoms. The van der Waals surface area contributed by atoms with E-state index in [1.807, 2.05) is 0 Å². The molecule has 2 aromatic rings. The summed E-state index contributed by atoms with van der Waals surface area (Å²) in [5.41, 5.74) is -0.714. The van der Waals surface area contributed by atoms with E-state index in [4.69, 9.17) is 9.47 Å². The van der Waals surface area contributed by atoms with Gasteiger partial charge in [0.1, 0.15) is 6.61 Å². The Bertz CT molecular complexity index is 883. The van der Waals surface area contributed by atoms with E-state index in [-0.39, 0.29) is 0 Å². The number of hydrogen-bond acceptors (Lipinski definition) is 4. The molecule has 0 heterocycles. The van der Waals surface area contributed by atoms with Gasteiger partial charge in [-0.3, -0.25) is 0 Å². The summed E-state index contributed by atoms with van der Waals surface area (Å²) >= 11 is 0. The third kappa shape index (κ3) is 4.59. The first-order valence-corrected chi connectivity index (χ1v) is 7.96. The summed E-state index contributed by atoms with van der Waals surface area (Å²) < 4.78 is 81.3. The van der Waals surface area contributed by atoms with E-state index in [1.165, 1.54) is 13.2 Å². The van der Waals surface area contributed by atoms with Crippen LogP contribution >= 0.6 is 0 Å². The molecule has 9 heteroatoms. The fourth-order valence-corrected chi connectivity index (χ4v) is 2.20. The topological polar surface area (TPSA) is 44.8 Å². The molecule has 0 aliphatic carbocycles. The maximum absolute atomic E-state index is 13.5. The summed E-state index contributed by atoms with van der Waals surface area (Å²) in [4.78, 5) is 11.7. The molecule has 0 amide bonds. The average molecular weight is 402 g/mol. The number of methoxy groups -OCH3 is 1. The van der Waals surface area contributed by atoms with Gasteiger partial charge in [0, 0.05) is 6.08 Å². The third-order valence-corrected chi connectivity index (χ3v) is 3.56. The second-order valence-electron chi connectivity index (χ2n) is 5.33. The highest BCUT2D eigenvalue weighted by Gasteiger charge is 2.26. The van der Waals surface area contributed by atoms with Gasteiger partial charge in [-0.2, -0.15) is 0 Å². The van der Waals surface area contributed by atoms with E-state index in [2.05, 4.69) is 4.74 Å². The monoisotopic (exact) mass is 402 g/mol. The minimum Gasteiger partial charge on any atom is -0.493 e. The maximum Gasteiger partial charge on any atom is 0.331 e. The van der Waals surface area contributed by atoms with Crippen molar-refractivity contribution in [3.63, 3.8) is 0 Å². The van der Waals surface area contributed by atoms with E-state index in [0.717, 1.165) is 6.08 Å². The molecule has 28 heavy (non-hydrogen) atoms. The minimum absolute atomic E-state index is 0.416. The molecule has 0 saturated heterocycles. The number of carbonyl (C=O) groups is 1. The Morgan fingerprint density at radius 2 is 1.57 bits per heavy atom. The normalized spacial score (nSPS) is 11.0. The van der Waals surface area contributed by atoms with Crippen molar-refractivity contribution >= 4 is 12.0 Å². The van der Waals surface area contributed by atoms with Crippen molar-refractivity contribution in [2.24, 2.45) is 0 Å². The molecule has 0 unspecified atom stereocenters. The quantitative estimate of drug-likeness (QED) is 0.224. The highest BCUT2D eigenvalue weighted by Crippen LogP contribution is 2.28. The molecule has 150 valence electrons. The number of ether oxygens (including phenoxy) is 3. The number of esters is 1. The Hall–Kier alpha value is -3.10. The molecule has 0 radical (unpaired) electrons. The number of hydrogen-bond donors (Lipinski definition) is 0. The fraction of sp³-hybridized carbons (Fsp3) is 0.211. The number of carbonyl (C=O) groups excluding carboxylic acids is 1. The van der Waals surface area contributed by atoms with Crippen molar-refractivity contribution in [3.8, 4) is 11.5 Å². The summed E-state index contributed by atoms with van der Waals surface area (Å²) in [6.45, 7) is 1.10. The number of benzene rings is 2. The third-order valence-electron chi connectivity index (χ3n) is 3.56. The van der Waals surface area contributed by atoms with Crippen LogP contribution in [-0.4, -0.2) is 19.7 Å².